The van der Waals surface area contributed by atoms with Crippen molar-refractivity contribution in [1.29, 1.82) is 0 Å². The molecule has 1 aromatic heterocycles. The van der Waals surface area contributed by atoms with Gasteiger partial charge in [-0.25, -0.2) is 4.98 Å². The molecule has 2 aliphatic carbocycles. The maximum Gasteiger partial charge on any atom is 0.225 e. The summed E-state index contributed by atoms with van der Waals surface area (Å²) in [5.74, 6) is 0.239. The van der Waals surface area contributed by atoms with Gasteiger partial charge in [0.2, 0.25) is 5.91 Å². The van der Waals surface area contributed by atoms with Crippen molar-refractivity contribution in [1.82, 2.24) is 9.88 Å². The van der Waals surface area contributed by atoms with Gasteiger partial charge >= 0.3 is 0 Å². The largest absolute Gasteiger partial charge is 0.392 e. The van der Waals surface area contributed by atoms with E-state index in [0.717, 1.165) is 35.8 Å². The fraction of sp³-hybridized carbons (Fsp3) is 0.615. The summed E-state index contributed by atoms with van der Waals surface area (Å²) < 4.78 is 5.41. The van der Waals surface area contributed by atoms with Crippen LogP contribution in [0.1, 0.15) is 50.1 Å². The number of aromatic nitrogens is 1. The molecule has 1 amide bonds. The van der Waals surface area contributed by atoms with E-state index >= 15 is 0 Å². The lowest BCUT2D eigenvalue weighted by atomic mass is 9.53. The average Bonchev–Trinajstić information content (AvgIpc) is 3.21. The number of nitrogens with zero attached hydrogens (tertiary/aromatic N) is 2. The normalized spacial score (nSPS) is 32.5. The van der Waals surface area contributed by atoms with Crippen LogP contribution in [-0.4, -0.2) is 53.3 Å². The van der Waals surface area contributed by atoms with E-state index in [2.05, 4.69) is 19.2 Å². The second-order valence-electron chi connectivity index (χ2n) is 10.4. The first-order chi connectivity index (χ1) is 15.9. The standard InChI is InChI=1S/C26H35N3O3S/c1-16(24(31)29-11-13-32-14-12-29)19-9-10-26(3)15-20-22(17(2)21(26)23(19)30)28-25(33-20)27-18-7-5-4-6-8-18/h4-8,16-17,19,21,23,30H,9-15H2,1-3H3,(H,27,28)/t16-,17-,19?,21+,23-,26-/m0/s1. The summed E-state index contributed by atoms with van der Waals surface area (Å²) in [4.78, 5) is 21.4. The Morgan fingerprint density at radius 2 is 2.03 bits per heavy atom. The first kappa shape index (κ1) is 22.8. The van der Waals surface area contributed by atoms with Crippen LogP contribution < -0.4 is 5.32 Å². The minimum Gasteiger partial charge on any atom is -0.392 e. The molecule has 1 saturated heterocycles. The highest BCUT2D eigenvalue weighted by atomic mass is 32.1. The molecule has 0 radical (unpaired) electrons. The van der Waals surface area contributed by atoms with Crippen molar-refractivity contribution < 1.29 is 14.6 Å². The van der Waals surface area contributed by atoms with E-state index in [1.807, 2.05) is 42.2 Å². The van der Waals surface area contributed by atoms with Gasteiger partial charge in [0.25, 0.3) is 0 Å². The number of benzene rings is 1. The molecular formula is C26H35N3O3S. The van der Waals surface area contributed by atoms with Crippen LogP contribution in [-0.2, 0) is 16.0 Å². The Kier molecular flexibility index (Phi) is 6.23. The molecule has 0 spiro atoms. The Labute approximate surface area is 200 Å². The van der Waals surface area contributed by atoms with Gasteiger partial charge in [0.1, 0.15) is 0 Å². The lowest BCUT2D eigenvalue weighted by Crippen LogP contribution is -2.54. The van der Waals surface area contributed by atoms with Gasteiger partial charge in [0.05, 0.1) is 25.0 Å². The number of carbonyl (C=O) groups is 1. The first-order valence-electron chi connectivity index (χ1n) is 12.2. The predicted molar refractivity (Wildman–Crippen MR) is 131 cm³/mol. The van der Waals surface area contributed by atoms with Crippen LogP contribution in [0.3, 0.4) is 0 Å². The quantitative estimate of drug-likeness (QED) is 0.693. The predicted octanol–water partition coefficient (Wildman–Crippen LogP) is 4.43. The Morgan fingerprint density at radius 1 is 1.30 bits per heavy atom. The summed E-state index contributed by atoms with van der Waals surface area (Å²) in [5.41, 5.74) is 2.18. The molecule has 2 heterocycles. The molecule has 2 aromatic rings. The second kappa shape index (κ2) is 9.01. The monoisotopic (exact) mass is 469 g/mol. The third-order valence-corrected chi connectivity index (χ3v) is 9.29. The molecule has 178 valence electrons. The number of fused-ring (bicyclic) bond motifs is 2. The van der Waals surface area contributed by atoms with Gasteiger partial charge in [-0.3, -0.25) is 4.79 Å². The van der Waals surface area contributed by atoms with Crippen molar-refractivity contribution in [2.24, 2.45) is 23.2 Å². The number of anilines is 2. The van der Waals surface area contributed by atoms with Crippen LogP contribution in [0.4, 0.5) is 10.8 Å². The van der Waals surface area contributed by atoms with Crippen molar-refractivity contribution in [3.63, 3.8) is 0 Å². The SMILES string of the molecule is C[C@H](C(=O)N1CCOCC1)C1CC[C@@]2(C)Cc3sc(Nc4ccccc4)nc3[C@@H](C)[C@@H]2[C@H]1O. The molecule has 1 unspecified atom stereocenters. The molecule has 5 rings (SSSR count). The van der Waals surface area contributed by atoms with Crippen molar-refractivity contribution in [3.05, 3.63) is 40.9 Å². The van der Waals surface area contributed by atoms with Gasteiger partial charge < -0.3 is 20.1 Å². The Morgan fingerprint density at radius 3 is 2.76 bits per heavy atom. The number of morpholine rings is 1. The minimum absolute atomic E-state index is 0.0111. The molecule has 6 atom stereocenters. The van der Waals surface area contributed by atoms with Crippen LogP contribution in [0.15, 0.2) is 30.3 Å². The van der Waals surface area contributed by atoms with E-state index in [-0.39, 0.29) is 35.0 Å². The summed E-state index contributed by atoms with van der Waals surface area (Å²) in [7, 11) is 0. The first-order valence-corrected chi connectivity index (χ1v) is 13.1. The molecular weight excluding hydrogens is 434 g/mol. The molecule has 2 fully saturated rings. The number of amides is 1. The zero-order valence-electron chi connectivity index (χ0n) is 19.8. The van der Waals surface area contributed by atoms with Gasteiger partial charge in [-0.1, -0.05) is 39.0 Å². The third-order valence-electron chi connectivity index (χ3n) is 8.30. The van der Waals surface area contributed by atoms with Crippen LogP contribution in [0.5, 0.6) is 0 Å². The smallest absolute Gasteiger partial charge is 0.225 e. The number of rotatable bonds is 4. The van der Waals surface area contributed by atoms with E-state index in [1.165, 1.54) is 4.88 Å². The number of carbonyl (C=O) groups excluding carboxylic acids is 1. The van der Waals surface area contributed by atoms with Gasteiger partial charge in [-0.2, -0.15) is 0 Å². The van der Waals surface area contributed by atoms with Crippen molar-refractivity contribution in [2.75, 3.05) is 31.6 Å². The van der Waals surface area contributed by atoms with E-state index in [9.17, 15) is 9.90 Å². The lowest BCUT2D eigenvalue weighted by Gasteiger charge is -2.53. The zero-order valence-corrected chi connectivity index (χ0v) is 20.6. The molecule has 7 heteroatoms. The second-order valence-corrected chi connectivity index (χ2v) is 11.5. The van der Waals surface area contributed by atoms with Crippen molar-refractivity contribution >= 4 is 28.1 Å². The summed E-state index contributed by atoms with van der Waals surface area (Å²) in [5, 5.41) is 16.0. The molecule has 1 aromatic carbocycles. The van der Waals surface area contributed by atoms with Gasteiger partial charge in [0, 0.05) is 35.5 Å². The van der Waals surface area contributed by atoms with Crippen LogP contribution in [0.2, 0.25) is 0 Å². The number of para-hydroxylation sites is 1. The van der Waals surface area contributed by atoms with Crippen molar-refractivity contribution in [2.45, 2.75) is 52.1 Å². The van der Waals surface area contributed by atoms with E-state index < -0.39 is 6.10 Å². The average molecular weight is 470 g/mol. The Balaban J connectivity index is 1.36. The van der Waals surface area contributed by atoms with E-state index in [1.54, 1.807) is 11.3 Å². The molecule has 6 nitrogen and oxygen atoms in total. The van der Waals surface area contributed by atoms with E-state index in [0.29, 0.717) is 26.3 Å². The molecule has 1 saturated carbocycles. The zero-order chi connectivity index (χ0) is 23.2. The van der Waals surface area contributed by atoms with Gasteiger partial charge in [-0.05, 0) is 48.6 Å². The Bertz CT molecular complexity index is 990. The summed E-state index contributed by atoms with van der Waals surface area (Å²) in [6.45, 7) is 9.08. The third kappa shape index (κ3) is 4.19. The summed E-state index contributed by atoms with van der Waals surface area (Å²) in [6, 6.07) is 10.1. The number of ether oxygens (including phenoxy) is 1. The number of aliphatic hydroxyl groups excluding tert-OH is 1. The topological polar surface area (TPSA) is 74.7 Å². The van der Waals surface area contributed by atoms with Gasteiger partial charge in [0.15, 0.2) is 5.13 Å². The Hall–Kier alpha value is -1.96. The van der Waals surface area contributed by atoms with E-state index in [4.69, 9.17) is 9.72 Å². The lowest BCUT2D eigenvalue weighted by molar-refractivity contribution is -0.148. The maximum absolute atomic E-state index is 13.2. The van der Waals surface area contributed by atoms with Crippen LogP contribution >= 0.6 is 11.3 Å². The number of hydrogen-bond acceptors (Lipinski definition) is 6. The highest BCUT2D eigenvalue weighted by Crippen LogP contribution is 2.57. The minimum atomic E-state index is -0.501. The fourth-order valence-corrected chi connectivity index (χ4v) is 7.78. The van der Waals surface area contributed by atoms with Crippen LogP contribution in [0, 0.1) is 23.2 Å². The number of hydrogen-bond donors (Lipinski definition) is 2. The maximum atomic E-state index is 13.2. The molecule has 0 bridgehead atoms. The van der Waals surface area contributed by atoms with Gasteiger partial charge in [-0.15, -0.1) is 11.3 Å². The number of nitrogens with one attached hydrogen (secondary N) is 1. The summed E-state index contributed by atoms with van der Waals surface area (Å²) in [6.07, 6.45) is 2.37. The highest BCUT2D eigenvalue weighted by Gasteiger charge is 2.54. The molecule has 3 aliphatic rings. The molecule has 1 aliphatic heterocycles. The van der Waals surface area contributed by atoms with Crippen molar-refractivity contribution in [3.8, 4) is 0 Å². The fourth-order valence-electron chi connectivity index (χ4n) is 6.50. The summed E-state index contributed by atoms with van der Waals surface area (Å²) >= 11 is 1.74. The highest BCUT2D eigenvalue weighted by molar-refractivity contribution is 7.15. The molecule has 2 N–H and O–H groups in total. The number of aliphatic hydroxyl groups is 1. The molecule has 33 heavy (non-hydrogen) atoms. The number of thiazole rings is 1. The van der Waals surface area contributed by atoms with Crippen LogP contribution in [0.25, 0.3) is 0 Å².